The number of benzene rings is 3. The van der Waals surface area contributed by atoms with E-state index in [1.54, 1.807) is 0 Å². The van der Waals surface area contributed by atoms with Crippen LogP contribution in [-0.2, 0) is 6.54 Å². The lowest BCUT2D eigenvalue weighted by atomic mass is 9.94. The number of nitrogens with zero attached hydrogens (tertiary/aromatic N) is 1. The Morgan fingerprint density at radius 3 is 1.70 bits per heavy atom. The van der Waals surface area contributed by atoms with Crippen LogP contribution in [0, 0.1) is 0 Å². The van der Waals surface area contributed by atoms with Gasteiger partial charge in [-0.15, -0.1) is 12.4 Å². The molecule has 0 aliphatic carbocycles. The Balaban J connectivity index is 0.00000261. The van der Waals surface area contributed by atoms with E-state index in [2.05, 4.69) is 17.0 Å². The Labute approximate surface area is 167 Å². The maximum Gasteiger partial charge on any atom is 0.0986 e. The molecule has 2 unspecified atom stereocenters. The van der Waals surface area contributed by atoms with Crippen LogP contribution in [0.1, 0.15) is 28.8 Å². The van der Waals surface area contributed by atoms with Crippen molar-refractivity contribution in [2.75, 3.05) is 13.2 Å². The van der Waals surface area contributed by atoms with E-state index in [0.29, 0.717) is 13.1 Å². The van der Waals surface area contributed by atoms with Crippen LogP contribution in [-0.4, -0.2) is 28.3 Å². The minimum Gasteiger partial charge on any atom is -0.395 e. The van der Waals surface area contributed by atoms with Crippen molar-refractivity contribution in [2.24, 2.45) is 0 Å². The molecule has 0 aromatic heterocycles. The van der Waals surface area contributed by atoms with Crippen molar-refractivity contribution in [2.45, 2.75) is 18.7 Å². The minimum atomic E-state index is -0.686. The second-order valence-corrected chi connectivity index (χ2v) is 6.39. The van der Waals surface area contributed by atoms with E-state index in [9.17, 15) is 10.2 Å². The highest BCUT2D eigenvalue weighted by molar-refractivity contribution is 5.85. The standard InChI is InChI=1S/C23H25NO2.ClH/c25-17-16-24(18-19-10-4-1-5-11-19)22(20-12-6-2-7-13-20)23(26)21-14-8-3-9-15-21;/h1-15,22-23,25-26H,16-18H2;1H. The van der Waals surface area contributed by atoms with Crippen molar-refractivity contribution in [3.8, 4) is 0 Å². The largest absolute Gasteiger partial charge is 0.395 e. The van der Waals surface area contributed by atoms with Crippen molar-refractivity contribution in [1.82, 2.24) is 4.90 Å². The predicted octanol–water partition coefficient (Wildman–Crippen LogP) is 4.38. The van der Waals surface area contributed by atoms with Gasteiger partial charge in [0.15, 0.2) is 0 Å². The third-order valence-electron chi connectivity index (χ3n) is 4.59. The fourth-order valence-electron chi connectivity index (χ4n) is 3.34. The molecule has 0 aliphatic heterocycles. The molecular formula is C23H26ClNO2. The van der Waals surface area contributed by atoms with Gasteiger partial charge in [0.2, 0.25) is 0 Å². The lowest BCUT2D eigenvalue weighted by Crippen LogP contribution is -2.34. The van der Waals surface area contributed by atoms with Crippen LogP contribution >= 0.6 is 12.4 Å². The maximum absolute atomic E-state index is 11.2. The molecule has 0 saturated heterocycles. The summed E-state index contributed by atoms with van der Waals surface area (Å²) in [6, 6.07) is 29.6. The zero-order valence-electron chi connectivity index (χ0n) is 15.2. The molecule has 3 aromatic carbocycles. The first kappa shape index (κ1) is 21.1. The molecule has 3 rings (SSSR count). The van der Waals surface area contributed by atoms with Crippen LogP contribution in [0.5, 0.6) is 0 Å². The van der Waals surface area contributed by atoms with Crippen molar-refractivity contribution < 1.29 is 10.2 Å². The molecular weight excluding hydrogens is 358 g/mol. The van der Waals surface area contributed by atoms with Crippen LogP contribution in [0.3, 0.4) is 0 Å². The van der Waals surface area contributed by atoms with Crippen molar-refractivity contribution in [3.05, 3.63) is 108 Å². The van der Waals surface area contributed by atoms with E-state index < -0.39 is 6.10 Å². The van der Waals surface area contributed by atoms with Gasteiger partial charge in [-0.2, -0.15) is 0 Å². The average Bonchev–Trinajstić information content (AvgIpc) is 2.70. The first-order valence-corrected chi connectivity index (χ1v) is 8.96. The molecule has 2 N–H and O–H groups in total. The van der Waals surface area contributed by atoms with Gasteiger partial charge in [0.05, 0.1) is 18.8 Å². The average molecular weight is 384 g/mol. The Morgan fingerprint density at radius 1 is 0.704 bits per heavy atom. The molecule has 0 spiro atoms. The molecule has 0 amide bonds. The molecule has 0 fully saturated rings. The number of rotatable bonds is 8. The van der Waals surface area contributed by atoms with E-state index >= 15 is 0 Å². The van der Waals surface area contributed by atoms with Gasteiger partial charge >= 0.3 is 0 Å². The molecule has 2 atom stereocenters. The summed E-state index contributed by atoms with van der Waals surface area (Å²) in [6.07, 6.45) is -0.686. The first-order chi connectivity index (χ1) is 12.8. The number of hydrogen-bond acceptors (Lipinski definition) is 3. The lowest BCUT2D eigenvalue weighted by Gasteiger charge is -2.35. The lowest BCUT2D eigenvalue weighted by molar-refractivity contribution is 0.0325. The maximum atomic E-state index is 11.2. The van der Waals surface area contributed by atoms with Crippen molar-refractivity contribution in [3.63, 3.8) is 0 Å². The summed E-state index contributed by atoms with van der Waals surface area (Å²) < 4.78 is 0. The minimum absolute atomic E-state index is 0. The van der Waals surface area contributed by atoms with Gasteiger partial charge in [0, 0.05) is 13.1 Å². The topological polar surface area (TPSA) is 43.7 Å². The summed E-state index contributed by atoms with van der Waals surface area (Å²) in [7, 11) is 0. The zero-order valence-corrected chi connectivity index (χ0v) is 16.0. The van der Waals surface area contributed by atoms with Crippen molar-refractivity contribution in [1.29, 1.82) is 0 Å². The summed E-state index contributed by atoms with van der Waals surface area (Å²) in [4.78, 5) is 2.14. The second-order valence-electron chi connectivity index (χ2n) is 6.39. The molecule has 3 nitrogen and oxygen atoms in total. The summed E-state index contributed by atoms with van der Waals surface area (Å²) >= 11 is 0. The van der Waals surface area contributed by atoms with Crippen LogP contribution in [0.25, 0.3) is 0 Å². The predicted molar refractivity (Wildman–Crippen MR) is 112 cm³/mol. The van der Waals surface area contributed by atoms with Gasteiger partial charge in [-0.25, -0.2) is 0 Å². The number of halogens is 1. The quantitative estimate of drug-likeness (QED) is 0.606. The Morgan fingerprint density at radius 2 is 1.19 bits per heavy atom. The van der Waals surface area contributed by atoms with E-state index in [-0.39, 0.29) is 25.1 Å². The fraction of sp³-hybridized carbons (Fsp3) is 0.217. The molecule has 27 heavy (non-hydrogen) atoms. The highest BCUT2D eigenvalue weighted by Gasteiger charge is 2.28. The summed E-state index contributed by atoms with van der Waals surface area (Å²) in [5.74, 6) is 0. The van der Waals surface area contributed by atoms with Gasteiger partial charge in [0.25, 0.3) is 0 Å². The molecule has 0 bridgehead atoms. The molecule has 0 radical (unpaired) electrons. The number of aliphatic hydroxyl groups excluding tert-OH is 2. The SMILES string of the molecule is Cl.OCCN(Cc1ccccc1)C(c1ccccc1)C(O)c1ccccc1. The molecule has 0 aliphatic rings. The Bertz CT molecular complexity index is 768. The molecule has 142 valence electrons. The summed E-state index contributed by atoms with van der Waals surface area (Å²) in [5.41, 5.74) is 3.06. The van der Waals surface area contributed by atoms with Crippen LogP contribution in [0.4, 0.5) is 0 Å². The monoisotopic (exact) mass is 383 g/mol. The molecule has 3 aromatic rings. The summed E-state index contributed by atoms with van der Waals surface area (Å²) in [6.45, 7) is 1.18. The molecule has 0 heterocycles. The van der Waals surface area contributed by atoms with Gasteiger partial charge in [0.1, 0.15) is 0 Å². The Kier molecular flexibility index (Phi) is 8.49. The summed E-state index contributed by atoms with van der Waals surface area (Å²) in [5, 5.41) is 20.8. The van der Waals surface area contributed by atoms with Gasteiger partial charge in [-0.05, 0) is 16.7 Å². The highest BCUT2D eigenvalue weighted by atomic mass is 35.5. The van der Waals surface area contributed by atoms with Crippen molar-refractivity contribution >= 4 is 12.4 Å². The second kappa shape index (κ2) is 10.9. The third kappa shape index (κ3) is 5.65. The van der Waals surface area contributed by atoms with Crippen LogP contribution in [0.15, 0.2) is 91.0 Å². The number of hydrogen-bond donors (Lipinski definition) is 2. The van der Waals surface area contributed by atoms with E-state index in [4.69, 9.17) is 0 Å². The zero-order chi connectivity index (χ0) is 18.2. The highest BCUT2D eigenvalue weighted by Crippen LogP contribution is 2.34. The number of aliphatic hydroxyl groups is 2. The van der Waals surface area contributed by atoms with E-state index in [1.165, 1.54) is 0 Å². The van der Waals surface area contributed by atoms with Gasteiger partial charge in [-0.3, -0.25) is 4.90 Å². The van der Waals surface area contributed by atoms with Gasteiger partial charge in [-0.1, -0.05) is 91.0 Å². The first-order valence-electron chi connectivity index (χ1n) is 8.96. The van der Waals surface area contributed by atoms with E-state index in [1.807, 2.05) is 78.9 Å². The van der Waals surface area contributed by atoms with Crippen LogP contribution < -0.4 is 0 Å². The Hall–Kier alpha value is -2.17. The van der Waals surface area contributed by atoms with Gasteiger partial charge < -0.3 is 10.2 Å². The fourth-order valence-corrected chi connectivity index (χ4v) is 3.34. The van der Waals surface area contributed by atoms with E-state index in [0.717, 1.165) is 16.7 Å². The normalized spacial score (nSPS) is 13.0. The molecule has 0 saturated carbocycles. The smallest absolute Gasteiger partial charge is 0.0986 e. The van der Waals surface area contributed by atoms with Crippen LogP contribution in [0.2, 0.25) is 0 Å². The third-order valence-corrected chi connectivity index (χ3v) is 4.59. The molecule has 4 heteroatoms.